The number of aromatic nitrogens is 5. The molecule has 1 aliphatic carbocycles. The highest BCUT2D eigenvalue weighted by Gasteiger charge is 2.23. The summed E-state index contributed by atoms with van der Waals surface area (Å²) in [5.74, 6) is 1.88. The van der Waals surface area contributed by atoms with Crippen molar-refractivity contribution in [2.75, 3.05) is 0 Å². The van der Waals surface area contributed by atoms with E-state index in [1.165, 1.54) is 22.3 Å². The molecule has 2 aromatic heterocycles. The molecule has 0 saturated carbocycles. The van der Waals surface area contributed by atoms with Gasteiger partial charge in [-0.1, -0.05) is 140 Å². The molecule has 0 saturated heterocycles. The zero-order valence-electron chi connectivity index (χ0n) is 26.5. The van der Waals surface area contributed by atoms with E-state index in [4.69, 9.17) is 15.0 Å². The van der Waals surface area contributed by atoms with Crippen LogP contribution in [0.15, 0.2) is 164 Å². The summed E-state index contributed by atoms with van der Waals surface area (Å²) in [6.45, 7) is 0. The van der Waals surface area contributed by atoms with Gasteiger partial charge in [0.15, 0.2) is 17.5 Å². The molecule has 0 amide bonds. The average Bonchev–Trinajstić information content (AvgIpc) is 3.58. The molecule has 2 heterocycles. The normalized spacial score (nSPS) is 11.6. The minimum atomic E-state index is 0.626. The van der Waals surface area contributed by atoms with Gasteiger partial charge in [-0.05, 0) is 51.1 Å². The van der Waals surface area contributed by atoms with Crippen molar-refractivity contribution in [3.63, 3.8) is 0 Å². The third-order valence-corrected chi connectivity index (χ3v) is 9.13. The first-order valence-electron chi connectivity index (χ1n) is 16.4. The lowest BCUT2D eigenvalue weighted by Crippen LogP contribution is -2.00. The Bertz CT molecular complexity index is 2460. The molecule has 0 radical (unpaired) electrons. The number of hydrogen-bond acceptors (Lipinski definition) is 5. The second-order valence-corrected chi connectivity index (χ2v) is 12.2. The van der Waals surface area contributed by atoms with Gasteiger partial charge in [-0.3, -0.25) is 0 Å². The lowest BCUT2D eigenvalue weighted by molar-refractivity contribution is 1.07. The van der Waals surface area contributed by atoms with E-state index in [2.05, 4.69) is 149 Å². The van der Waals surface area contributed by atoms with E-state index < -0.39 is 0 Å². The summed E-state index contributed by atoms with van der Waals surface area (Å²) in [6, 6.07) is 52.6. The maximum Gasteiger partial charge on any atom is 0.164 e. The van der Waals surface area contributed by atoms with Crippen LogP contribution in [0.3, 0.4) is 0 Å². The van der Waals surface area contributed by atoms with Crippen molar-refractivity contribution in [1.82, 2.24) is 24.9 Å². The molecule has 8 aromatic rings. The third kappa shape index (κ3) is 5.47. The van der Waals surface area contributed by atoms with Crippen LogP contribution in [-0.2, 0) is 6.42 Å². The van der Waals surface area contributed by atoms with Gasteiger partial charge in [0.1, 0.15) is 6.33 Å². The molecule has 0 aliphatic heterocycles. The lowest BCUT2D eigenvalue weighted by Gasteiger charge is -2.12. The van der Waals surface area contributed by atoms with Gasteiger partial charge < -0.3 is 0 Å². The second kappa shape index (κ2) is 12.2. The Balaban J connectivity index is 1.16. The second-order valence-electron chi connectivity index (χ2n) is 12.2. The molecular formula is C44H29N5. The predicted molar refractivity (Wildman–Crippen MR) is 196 cm³/mol. The van der Waals surface area contributed by atoms with Crippen LogP contribution >= 0.6 is 0 Å². The summed E-state index contributed by atoms with van der Waals surface area (Å²) < 4.78 is 0. The monoisotopic (exact) mass is 627 g/mol. The van der Waals surface area contributed by atoms with Crippen molar-refractivity contribution in [1.29, 1.82) is 0 Å². The van der Waals surface area contributed by atoms with Crippen LogP contribution in [0, 0.1) is 0 Å². The molecule has 5 nitrogen and oxygen atoms in total. The summed E-state index contributed by atoms with van der Waals surface area (Å²) in [4.78, 5) is 24.1. The van der Waals surface area contributed by atoms with E-state index in [1.54, 1.807) is 6.33 Å². The minimum absolute atomic E-state index is 0.626. The Hall–Kier alpha value is -6.59. The molecule has 230 valence electrons. The van der Waals surface area contributed by atoms with Crippen LogP contribution in [0.1, 0.15) is 11.1 Å². The van der Waals surface area contributed by atoms with Crippen molar-refractivity contribution in [3.8, 4) is 78.8 Å². The van der Waals surface area contributed by atoms with Gasteiger partial charge in [-0.25, -0.2) is 24.9 Å². The lowest BCUT2D eigenvalue weighted by atomic mass is 9.95. The van der Waals surface area contributed by atoms with E-state index in [0.29, 0.717) is 17.5 Å². The van der Waals surface area contributed by atoms with Gasteiger partial charge in [-0.2, -0.15) is 0 Å². The molecule has 5 heteroatoms. The standard InChI is InChI=1S/C44H29N5/c1-3-10-29(11-4-1)31-20-22-32(23-21-31)42-47-43(35-16-7-14-33(24-35)30-12-5-2-6-13-30)49-44(48-42)36-17-8-15-34(25-36)38-18-9-19-39-40(38)26-37-27-45-28-46-41(37)39/h1-25,27-28H,26H2. The Morgan fingerprint density at radius 3 is 1.57 bits per heavy atom. The first-order chi connectivity index (χ1) is 24.3. The smallest absolute Gasteiger partial charge is 0.164 e. The van der Waals surface area contributed by atoms with Crippen LogP contribution in [0.25, 0.3) is 78.8 Å². The molecule has 49 heavy (non-hydrogen) atoms. The summed E-state index contributed by atoms with van der Waals surface area (Å²) in [6.07, 6.45) is 4.36. The number of hydrogen-bond donors (Lipinski definition) is 0. The van der Waals surface area contributed by atoms with E-state index >= 15 is 0 Å². The fourth-order valence-corrected chi connectivity index (χ4v) is 6.69. The average molecular weight is 628 g/mol. The Labute approximate surface area is 284 Å². The number of benzene rings is 6. The Morgan fingerprint density at radius 1 is 0.388 bits per heavy atom. The van der Waals surface area contributed by atoms with Crippen LogP contribution in [-0.4, -0.2) is 24.9 Å². The Morgan fingerprint density at radius 2 is 0.878 bits per heavy atom. The quantitative estimate of drug-likeness (QED) is 0.184. The topological polar surface area (TPSA) is 64.5 Å². The van der Waals surface area contributed by atoms with E-state index in [-0.39, 0.29) is 0 Å². The summed E-state index contributed by atoms with van der Waals surface area (Å²) in [5, 5.41) is 0. The molecule has 0 spiro atoms. The van der Waals surface area contributed by atoms with Crippen molar-refractivity contribution >= 4 is 0 Å². The van der Waals surface area contributed by atoms with E-state index in [9.17, 15) is 0 Å². The fourth-order valence-electron chi connectivity index (χ4n) is 6.69. The number of nitrogens with zero attached hydrogens (tertiary/aromatic N) is 5. The summed E-state index contributed by atoms with van der Waals surface area (Å²) >= 11 is 0. The molecule has 0 unspecified atom stereocenters. The fraction of sp³-hybridized carbons (Fsp3) is 0.0227. The first kappa shape index (κ1) is 28.6. The van der Waals surface area contributed by atoms with Gasteiger partial charge in [0.05, 0.1) is 5.69 Å². The van der Waals surface area contributed by atoms with Crippen LogP contribution in [0.4, 0.5) is 0 Å². The van der Waals surface area contributed by atoms with Crippen LogP contribution in [0.2, 0.25) is 0 Å². The highest BCUT2D eigenvalue weighted by Crippen LogP contribution is 2.41. The molecule has 6 aromatic carbocycles. The summed E-state index contributed by atoms with van der Waals surface area (Å²) in [5.41, 5.74) is 14.3. The van der Waals surface area contributed by atoms with Crippen molar-refractivity contribution in [2.24, 2.45) is 0 Å². The third-order valence-electron chi connectivity index (χ3n) is 9.13. The molecule has 0 bridgehead atoms. The van der Waals surface area contributed by atoms with Crippen molar-refractivity contribution < 1.29 is 0 Å². The number of rotatable bonds is 6. The maximum absolute atomic E-state index is 5.10. The van der Waals surface area contributed by atoms with Crippen LogP contribution < -0.4 is 0 Å². The number of fused-ring (bicyclic) bond motifs is 3. The Kier molecular flexibility index (Phi) is 7.13. The molecule has 0 N–H and O–H groups in total. The SMILES string of the molecule is c1ccc(-c2ccc(-c3nc(-c4cccc(-c5ccccc5)c4)nc(-c4cccc(-c5cccc6c5Cc5cncnc5-6)c4)n3)cc2)cc1. The van der Waals surface area contributed by atoms with Gasteiger partial charge in [0.25, 0.3) is 0 Å². The predicted octanol–water partition coefficient (Wildman–Crippen LogP) is 10.2. The van der Waals surface area contributed by atoms with Gasteiger partial charge >= 0.3 is 0 Å². The molecular weight excluding hydrogens is 599 g/mol. The highest BCUT2D eigenvalue weighted by atomic mass is 15.0. The molecule has 0 fully saturated rings. The van der Waals surface area contributed by atoms with Crippen molar-refractivity contribution in [2.45, 2.75) is 6.42 Å². The molecule has 9 rings (SSSR count). The largest absolute Gasteiger partial charge is 0.244 e. The van der Waals surface area contributed by atoms with Gasteiger partial charge in [0.2, 0.25) is 0 Å². The zero-order chi connectivity index (χ0) is 32.6. The molecule has 0 atom stereocenters. The van der Waals surface area contributed by atoms with E-state index in [0.717, 1.165) is 56.6 Å². The maximum atomic E-state index is 5.10. The van der Waals surface area contributed by atoms with Crippen LogP contribution in [0.5, 0.6) is 0 Å². The van der Waals surface area contributed by atoms with Crippen molar-refractivity contribution in [3.05, 3.63) is 175 Å². The minimum Gasteiger partial charge on any atom is -0.244 e. The van der Waals surface area contributed by atoms with Gasteiger partial charge in [0, 0.05) is 40.4 Å². The highest BCUT2D eigenvalue weighted by molar-refractivity contribution is 5.84. The van der Waals surface area contributed by atoms with Gasteiger partial charge in [-0.15, -0.1) is 0 Å². The molecule has 1 aliphatic rings. The first-order valence-corrected chi connectivity index (χ1v) is 16.4. The van der Waals surface area contributed by atoms with E-state index in [1.807, 2.05) is 18.3 Å². The summed E-state index contributed by atoms with van der Waals surface area (Å²) in [7, 11) is 0. The zero-order valence-corrected chi connectivity index (χ0v) is 26.5.